The fourth-order valence-corrected chi connectivity index (χ4v) is 3.19. The molecule has 6 heteroatoms. The summed E-state index contributed by atoms with van der Waals surface area (Å²) in [5.41, 5.74) is 3.25. The monoisotopic (exact) mass is 328 g/mol. The number of nitrogens with zero attached hydrogens (tertiary/aromatic N) is 3. The van der Waals surface area contributed by atoms with Crippen LogP contribution in [0.15, 0.2) is 30.5 Å². The highest BCUT2D eigenvalue weighted by Gasteiger charge is 2.29. The Morgan fingerprint density at radius 1 is 1.38 bits per heavy atom. The zero-order chi connectivity index (χ0) is 17.1. The van der Waals surface area contributed by atoms with Crippen LogP contribution in [0, 0.1) is 0 Å². The van der Waals surface area contributed by atoms with Crippen LogP contribution in [0.2, 0.25) is 0 Å². The number of hydrogen-bond acceptors (Lipinski definition) is 4. The third-order valence-electron chi connectivity index (χ3n) is 4.50. The van der Waals surface area contributed by atoms with Crippen LogP contribution >= 0.6 is 0 Å². The van der Waals surface area contributed by atoms with Crippen LogP contribution in [0.25, 0.3) is 0 Å². The summed E-state index contributed by atoms with van der Waals surface area (Å²) in [6.45, 7) is 3.62. The molecule has 1 aliphatic heterocycles. The fraction of sp³-hybridized carbons (Fsp3) is 0.444. The third-order valence-corrected chi connectivity index (χ3v) is 4.50. The number of amides is 1. The number of carbonyl (C=O) groups is 1. The van der Waals surface area contributed by atoms with E-state index < -0.39 is 0 Å². The van der Waals surface area contributed by atoms with Gasteiger partial charge in [0.1, 0.15) is 5.82 Å². The Morgan fingerprint density at radius 2 is 2.12 bits per heavy atom. The molecule has 1 unspecified atom stereocenters. The van der Waals surface area contributed by atoms with Crippen LogP contribution in [0.3, 0.4) is 0 Å². The molecule has 1 atom stereocenters. The predicted octanol–water partition coefficient (Wildman–Crippen LogP) is 2.20. The molecule has 0 radical (unpaired) electrons. The van der Waals surface area contributed by atoms with Gasteiger partial charge in [-0.1, -0.05) is 19.1 Å². The van der Waals surface area contributed by atoms with Crippen molar-refractivity contribution in [1.82, 2.24) is 9.78 Å². The van der Waals surface area contributed by atoms with Crippen LogP contribution < -0.4 is 10.2 Å². The van der Waals surface area contributed by atoms with E-state index in [2.05, 4.69) is 29.5 Å². The second kappa shape index (κ2) is 7.05. The van der Waals surface area contributed by atoms with Gasteiger partial charge in [0.05, 0.1) is 12.8 Å². The van der Waals surface area contributed by atoms with Gasteiger partial charge in [-0.15, -0.1) is 0 Å². The molecule has 1 amide bonds. The van der Waals surface area contributed by atoms with Crippen molar-refractivity contribution in [2.45, 2.75) is 32.2 Å². The SMILES string of the molecule is CCCn1ncc2c1NC(=O)CC2c1ccc(N(C)CCO)cc1. The molecular formula is C18H24N4O2. The van der Waals surface area contributed by atoms with E-state index in [-0.39, 0.29) is 18.4 Å². The number of aromatic nitrogens is 2. The number of likely N-dealkylation sites (N-methyl/N-ethyl adjacent to an activating group) is 1. The Bertz CT molecular complexity index is 708. The molecule has 1 aromatic carbocycles. The standard InChI is InChI=1S/C18H24N4O2/c1-3-8-22-18-16(12-19-22)15(11-17(24)20-18)13-4-6-14(7-5-13)21(2)9-10-23/h4-7,12,15,23H,3,8-11H2,1-2H3,(H,20,24). The van der Waals surface area contributed by atoms with Crippen LogP contribution in [-0.2, 0) is 11.3 Å². The van der Waals surface area contributed by atoms with E-state index in [1.165, 1.54) is 0 Å². The quantitative estimate of drug-likeness (QED) is 0.853. The molecule has 128 valence electrons. The zero-order valence-corrected chi connectivity index (χ0v) is 14.2. The number of anilines is 2. The minimum absolute atomic E-state index is 0.0341. The first-order valence-corrected chi connectivity index (χ1v) is 8.41. The van der Waals surface area contributed by atoms with Crippen molar-refractivity contribution in [3.8, 4) is 0 Å². The molecule has 2 aromatic rings. The molecule has 0 bridgehead atoms. The summed E-state index contributed by atoms with van der Waals surface area (Å²) in [6, 6.07) is 8.20. The van der Waals surface area contributed by atoms with Crippen molar-refractivity contribution >= 4 is 17.4 Å². The molecule has 1 aliphatic rings. The minimum Gasteiger partial charge on any atom is -0.395 e. The number of aryl methyl sites for hydroxylation is 1. The molecule has 0 saturated heterocycles. The van der Waals surface area contributed by atoms with Crippen molar-refractivity contribution in [3.63, 3.8) is 0 Å². The summed E-state index contributed by atoms with van der Waals surface area (Å²) < 4.78 is 1.88. The molecule has 1 aromatic heterocycles. The Morgan fingerprint density at radius 3 is 2.79 bits per heavy atom. The number of fused-ring (bicyclic) bond motifs is 1. The van der Waals surface area contributed by atoms with Crippen LogP contribution in [0.1, 0.15) is 36.8 Å². The van der Waals surface area contributed by atoms with Gasteiger partial charge in [-0.25, -0.2) is 4.68 Å². The highest BCUT2D eigenvalue weighted by molar-refractivity contribution is 5.94. The number of nitrogens with one attached hydrogen (secondary N) is 1. The molecule has 0 fully saturated rings. The van der Waals surface area contributed by atoms with Crippen molar-refractivity contribution in [2.75, 3.05) is 30.4 Å². The number of carbonyl (C=O) groups excluding carboxylic acids is 1. The Balaban J connectivity index is 1.89. The lowest BCUT2D eigenvalue weighted by Crippen LogP contribution is -2.25. The predicted molar refractivity (Wildman–Crippen MR) is 94.4 cm³/mol. The van der Waals surface area contributed by atoms with Gasteiger partial charge in [-0.05, 0) is 24.1 Å². The highest BCUT2D eigenvalue weighted by Crippen LogP contribution is 2.37. The minimum atomic E-state index is 0.0341. The molecule has 0 saturated carbocycles. The summed E-state index contributed by atoms with van der Waals surface area (Å²) >= 11 is 0. The van der Waals surface area contributed by atoms with Gasteiger partial charge in [0.2, 0.25) is 5.91 Å². The van der Waals surface area contributed by atoms with Crippen LogP contribution in [0.4, 0.5) is 11.5 Å². The first kappa shape index (κ1) is 16.5. The van der Waals surface area contributed by atoms with Gasteiger partial charge in [0.25, 0.3) is 0 Å². The average Bonchev–Trinajstić information content (AvgIpc) is 2.98. The molecule has 0 aliphatic carbocycles. The average molecular weight is 328 g/mol. The second-order valence-corrected chi connectivity index (χ2v) is 6.21. The van der Waals surface area contributed by atoms with E-state index >= 15 is 0 Å². The molecule has 2 heterocycles. The van der Waals surface area contributed by atoms with Crippen molar-refractivity contribution < 1.29 is 9.90 Å². The largest absolute Gasteiger partial charge is 0.395 e. The molecule has 0 spiro atoms. The maximum absolute atomic E-state index is 12.1. The molecule has 2 N–H and O–H groups in total. The van der Waals surface area contributed by atoms with E-state index in [1.807, 2.05) is 35.0 Å². The zero-order valence-electron chi connectivity index (χ0n) is 14.2. The fourth-order valence-electron chi connectivity index (χ4n) is 3.19. The lowest BCUT2D eigenvalue weighted by Gasteiger charge is -2.24. The topological polar surface area (TPSA) is 70.4 Å². The normalized spacial score (nSPS) is 16.6. The highest BCUT2D eigenvalue weighted by atomic mass is 16.3. The van der Waals surface area contributed by atoms with E-state index in [0.29, 0.717) is 13.0 Å². The van der Waals surface area contributed by atoms with Gasteiger partial charge in [-0.3, -0.25) is 4.79 Å². The van der Waals surface area contributed by atoms with Gasteiger partial charge < -0.3 is 15.3 Å². The second-order valence-electron chi connectivity index (χ2n) is 6.21. The Labute approximate surface area is 142 Å². The Hall–Kier alpha value is -2.34. The smallest absolute Gasteiger partial charge is 0.226 e. The molecular weight excluding hydrogens is 304 g/mol. The van der Waals surface area contributed by atoms with Crippen molar-refractivity contribution in [1.29, 1.82) is 0 Å². The van der Waals surface area contributed by atoms with Crippen LogP contribution in [-0.4, -0.2) is 41.0 Å². The maximum Gasteiger partial charge on any atom is 0.226 e. The summed E-state index contributed by atoms with van der Waals surface area (Å²) in [6.07, 6.45) is 3.29. The van der Waals surface area contributed by atoms with E-state index in [0.717, 1.165) is 35.6 Å². The van der Waals surface area contributed by atoms with Crippen LogP contribution in [0.5, 0.6) is 0 Å². The van der Waals surface area contributed by atoms with Crippen molar-refractivity contribution in [2.24, 2.45) is 0 Å². The summed E-state index contributed by atoms with van der Waals surface area (Å²) in [5.74, 6) is 0.906. The molecule has 6 nitrogen and oxygen atoms in total. The lowest BCUT2D eigenvalue weighted by atomic mass is 9.87. The number of rotatable bonds is 6. The lowest BCUT2D eigenvalue weighted by molar-refractivity contribution is -0.116. The Kier molecular flexibility index (Phi) is 4.85. The first-order valence-electron chi connectivity index (χ1n) is 8.41. The van der Waals surface area contributed by atoms with E-state index in [1.54, 1.807) is 0 Å². The summed E-state index contributed by atoms with van der Waals surface area (Å²) in [7, 11) is 1.95. The van der Waals surface area contributed by atoms with Crippen molar-refractivity contribution in [3.05, 3.63) is 41.6 Å². The van der Waals surface area contributed by atoms with E-state index in [4.69, 9.17) is 5.11 Å². The number of aliphatic hydroxyl groups excluding tert-OH is 1. The maximum atomic E-state index is 12.1. The number of hydrogen-bond donors (Lipinski definition) is 2. The van der Waals surface area contributed by atoms with Gasteiger partial charge in [0.15, 0.2) is 0 Å². The summed E-state index contributed by atoms with van der Waals surface area (Å²) in [5, 5.41) is 16.4. The molecule has 3 rings (SSSR count). The first-order chi connectivity index (χ1) is 11.6. The van der Waals surface area contributed by atoms with Gasteiger partial charge in [-0.2, -0.15) is 5.10 Å². The van der Waals surface area contributed by atoms with E-state index in [9.17, 15) is 4.79 Å². The van der Waals surface area contributed by atoms with Gasteiger partial charge >= 0.3 is 0 Å². The third kappa shape index (κ3) is 3.14. The summed E-state index contributed by atoms with van der Waals surface area (Å²) in [4.78, 5) is 14.1. The number of aliphatic hydroxyl groups is 1. The van der Waals surface area contributed by atoms with Gasteiger partial charge in [0, 0.05) is 43.7 Å². The molecule has 24 heavy (non-hydrogen) atoms. The number of benzene rings is 1.